The first-order valence-corrected chi connectivity index (χ1v) is 7.76. The Labute approximate surface area is 127 Å². The lowest BCUT2D eigenvalue weighted by atomic mass is 10.1. The average molecular weight is 297 g/mol. The molecule has 0 aliphatic carbocycles. The number of aryl methyl sites for hydroxylation is 1. The molecule has 20 heavy (non-hydrogen) atoms. The molecule has 0 spiro atoms. The van der Waals surface area contributed by atoms with Crippen molar-refractivity contribution in [3.63, 3.8) is 0 Å². The Morgan fingerprint density at radius 1 is 1.45 bits per heavy atom. The fourth-order valence-electron chi connectivity index (χ4n) is 2.70. The van der Waals surface area contributed by atoms with Crippen LogP contribution in [0.5, 0.6) is 0 Å². The van der Waals surface area contributed by atoms with Gasteiger partial charge >= 0.3 is 0 Å². The summed E-state index contributed by atoms with van der Waals surface area (Å²) in [6.07, 6.45) is 2.55. The van der Waals surface area contributed by atoms with Crippen LogP contribution in [0.15, 0.2) is 18.2 Å². The molecule has 1 unspecified atom stereocenters. The number of hydrogen-bond acceptors (Lipinski definition) is 3. The van der Waals surface area contributed by atoms with Gasteiger partial charge in [-0.15, -0.1) is 0 Å². The molecular formula is C16H25ClN2O. The topological polar surface area (TPSA) is 24.5 Å². The first-order chi connectivity index (χ1) is 9.69. The Balaban J connectivity index is 1.97. The van der Waals surface area contributed by atoms with E-state index in [2.05, 4.69) is 29.3 Å². The first-order valence-electron chi connectivity index (χ1n) is 7.38. The third-order valence-electron chi connectivity index (χ3n) is 3.86. The number of halogens is 1. The van der Waals surface area contributed by atoms with E-state index in [0.29, 0.717) is 6.04 Å². The molecule has 1 aliphatic rings. The summed E-state index contributed by atoms with van der Waals surface area (Å²) in [6, 6.07) is 6.92. The fourth-order valence-corrected chi connectivity index (χ4v) is 3.00. The summed E-state index contributed by atoms with van der Waals surface area (Å²) in [6.45, 7) is 6.87. The van der Waals surface area contributed by atoms with E-state index in [1.165, 1.54) is 24.0 Å². The van der Waals surface area contributed by atoms with Crippen molar-refractivity contribution in [3.05, 3.63) is 34.3 Å². The Hall–Kier alpha value is -0.610. The van der Waals surface area contributed by atoms with Crippen LogP contribution < -0.4 is 5.32 Å². The van der Waals surface area contributed by atoms with Crippen LogP contribution in [0.4, 0.5) is 0 Å². The van der Waals surface area contributed by atoms with Gasteiger partial charge in [0.15, 0.2) is 0 Å². The average Bonchev–Trinajstić information content (AvgIpc) is 2.92. The molecule has 2 rings (SSSR count). The minimum atomic E-state index is 0.607. The fraction of sp³-hybridized carbons (Fsp3) is 0.625. The summed E-state index contributed by atoms with van der Waals surface area (Å²) in [5, 5.41) is 4.42. The van der Waals surface area contributed by atoms with E-state index in [4.69, 9.17) is 16.3 Å². The second-order valence-corrected chi connectivity index (χ2v) is 6.02. The van der Waals surface area contributed by atoms with Crippen molar-refractivity contribution in [2.24, 2.45) is 0 Å². The molecule has 112 valence electrons. The highest BCUT2D eigenvalue weighted by Crippen LogP contribution is 2.20. The number of ether oxygens (including phenoxy) is 1. The number of nitrogens with one attached hydrogen (secondary N) is 1. The van der Waals surface area contributed by atoms with Gasteiger partial charge in [-0.05, 0) is 43.5 Å². The molecule has 0 aromatic heterocycles. The van der Waals surface area contributed by atoms with Crippen molar-refractivity contribution in [1.82, 2.24) is 10.2 Å². The van der Waals surface area contributed by atoms with Gasteiger partial charge in [0.05, 0.1) is 6.61 Å². The second kappa shape index (κ2) is 7.99. The lowest BCUT2D eigenvalue weighted by molar-refractivity contribution is 0.138. The standard InChI is InChI=1S/C16H25ClN2O/c1-13-5-6-14(16(17)10-13)11-19(8-9-20-2)12-15-4-3-7-18-15/h5-6,10,15,18H,3-4,7-9,11-12H2,1-2H3. The van der Waals surface area contributed by atoms with Gasteiger partial charge in [0.25, 0.3) is 0 Å². The van der Waals surface area contributed by atoms with Crippen molar-refractivity contribution in [1.29, 1.82) is 0 Å². The molecule has 1 atom stereocenters. The van der Waals surface area contributed by atoms with Gasteiger partial charge in [-0.3, -0.25) is 4.90 Å². The summed E-state index contributed by atoms with van der Waals surface area (Å²) in [5.74, 6) is 0. The largest absolute Gasteiger partial charge is 0.383 e. The summed E-state index contributed by atoms with van der Waals surface area (Å²) in [7, 11) is 1.75. The van der Waals surface area contributed by atoms with Crippen LogP contribution in [0.25, 0.3) is 0 Å². The molecule has 1 aliphatic heterocycles. The number of nitrogens with zero attached hydrogens (tertiary/aromatic N) is 1. The molecule has 0 amide bonds. The van der Waals surface area contributed by atoms with Crippen LogP contribution in [0.3, 0.4) is 0 Å². The molecule has 1 saturated heterocycles. The zero-order chi connectivity index (χ0) is 14.4. The number of rotatable bonds is 7. The zero-order valence-corrected chi connectivity index (χ0v) is 13.2. The predicted octanol–water partition coefficient (Wildman–Crippen LogP) is 2.85. The zero-order valence-electron chi connectivity index (χ0n) is 12.5. The van der Waals surface area contributed by atoms with E-state index < -0.39 is 0 Å². The lowest BCUT2D eigenvalue weighted by Gasteiger charge is -2.26. The van der Waals surface area contributed by atoms with Crippen molar-refractivity contribution < 1.29 is 4.74 Å². The molecule has 4 heteroatoms. The van der Waals surface area contributed by atoms with E-state index in [9.17, 15) is 0 Å². The van der Waals surface area contributed by atoms with Crippen LogP contribution in [0, 0.1) is 6.92 Å². The maximum atomic E-state index is 6.35. The van der Waals surface area contributed by atoms with Gasteiger partial charge in [0, 0.05) is 37.8 Å². The minimum absolute atomic E-state index is 0.607. The van der Waals surface area contributed by atoms with Crippen LogP contribution in [-0.4, -0.2) is 44.3 Å². The van der Waals surface area contributed by atoms with Crippen molar-refractivity contribution in [3.8, 4) is 0 Å². The lowest BCUT2D eigenvalue weighted by Crippen LogP contribution is -2.38. The molecular weight excluding hydrogens is 272 g/mol. The number of benzene rings is 1. The van der Waals surface area contributed by atoms with Crippen LogP contribution in [0.1, 0.15) is 24.0 Å². The van der Waals surface area contributed by atoms with E-state index in [1.54, 1.807) is 7.11 Å². The van der Waals surface area contributed by atoms with Crippen molar-refractivity contribution >= 4 is 11.6 Å². The van der Waals surface area contributed by atoms with Gasteiger partial charge in [-0.2, -0.15) is 0 Å². The van der Waals surface area contributed by atoms with Crippen molar-refractivity contribution in [2.75, 3.05) is 33.4 Å². The van der Waals surface area contributed by atoms with Crippen molar-refractivity contribution in [2.45, 2.75) is 32.4 Å². The summed E-state index contributed by atoms with van der Waals surface area (Å²) >= 11 is 6.35. The highest BCUT2D eigenvalue weighted by Gasteiger charge is 2.18. The van der Waals surface area contributed by atoms with E-state index in [1.807, 2.05) is 6.07 Å². The summed E-state index contributed by atoms with van der Waals surface area (Å²) < 4.78 is 5.23. The number of hydrogen-bond donors (Lipinski definition) is 1. The molecule has 0 radical (unpaired) electrons. The van der Waals surface area contributed by atoms with E-state index in [0.717, 1.165) is 37.8 Å². The van der Waals surface area contributed by atoms with Gasteiger partial charge in [0.2, 0.25) is 0 Å². The van der Waals surface area contributed by atoms with Gasteiger partial charge in [-0.1, -0.05) is 23.7 Å². The highest BCUT2D eigenvalue weighted by atomic mass is 35.5. The molecule has 0 saturated carbocycles. The SMILES string of the molecule is COCCN(Cc1ccc(C)cc1Cl)CC1CCCN1. The van der Waals surface area contributed by atoms with Gasteiger partial charge < -0.3 is 10.1 Å². The van der Waals surface area contributed by atoms with Crippen LogP contribution >= 0.6 is 11.6 Å². The van der Waals surface area contributed by atoms with Crippen LogP contribution in [0.2, 0.25) is 5.02 Å². The van der Waals surface area contributed by atoms with E-state index in [-0.39, 0.29) is 0 Å². The highest BCUT2D eigenvalue weighted by molar-refractivity contribution is 6.31. The van der Waals surface area contributed by atoms with E-state index >= 15 is 0 Å². The molecule has 0 bridgehead atoms. The third kappa shape index (κ3) is 4.74. The van der Waals surface area contributed by atoms with Gasteiger partial charge in [0.1, 0.15) is 0 Å². The normalized spacial score (nSPS) is 18.9. The minimum Gasteiger partial charge on any atom is -0.383 e. The summed E-state index contributed by atoms with van der Waals surface area (Å²) in [5.41, 5.74) is 2.41. The van der Waals surface area contributed by atoms with Crippen LogP contribution in [-0.2, 0) is 11.3 Å². The third-order valence-corrected chi connectivity index (χ3v) is 4.21. The van der Waals surface area contributed by atoms with Gasteiger partial charge in [-0.25, -0.2) is 0 Å². The maximum Gasteiger partial charge on any atom is 0.0589 e. The monoisotopic (exact) mass is 296 g/mol. The number of methoxy groups -OCH3 is 1. The molecule has 3 nitrogen and oxygen atoms in total. The Morgan fingerprint density at radius 3 is 2.95 bits per heavy atom. The molecule has 1 aromatic carbocycles. The Kier molecular flexibility index (Phi) is 6.30. The smallest absolute Gasteiger partial charge is 0.0589 e. The maximum absolute atomic E-state index is 6.35. The second-order valence-electron chi connectivity index (χ2n) is 5.62. The first kappa shape index (κ1) is 15.8. The quantitative estimate of drug-likeness (QED) is 0.837. The molecule has 1 N–H and O–H groups in total. The molecule has 1 heterocycles. The molecule has 1 fully saturated rings. The Morgan fingerprint density at radius 2 is 2.30 bits per heavy atom. The molecule has 1 aromatic rings. The Bertz CT molecular complexity index is 419. The summed E-state index contributed by atoms with van der Waals surface area (Å²) in [4.78, 5) is 2.43. The predicted molar refractivity (Wildman–Crippen MR) is 84.4 cm³/mol.